The molecule has 0 aromatic carbocycles. The third-order valence-corrected chi connectivity index (χ3v) is 6.50. The van der Waals surface area contributed by atoms with Crippen LogP contribution in [0.5, 0.6) is 0 Å². The molecule has 1 rings (SSSR count). The lowest BCUT2D eigenvalue weighted by Crippen LogP contribution is -2.43. The molecule has 0 aliphatic carbocycles. The summed E-state index contributed by atoms with van der Waals surface area (Å²) in [5.41, 5.74) is 0. The monoisotopic (exact) mass is 276 g/mol. The normalized spacial score (nSPS) is 21.4. The van der Waals surface area contributed by atoms with Gasteiger partial charge in [-0.25, -0.2) is 0 Å². The number of ether oxygens (including phenoxy) is 2. The Bertz CT molecular complexity index is 257. The van der Waals surface area contributed by atoms with Crippen LogP contribution in [0.2, 0.25) is 12.1 Å². The fraction of sp³-hybridized carbons (Fsp3) is 0.917. The smallest absolute Gasteiger partial charge is 0.401 e. The Balaban J connectivity index is 2.26. The van der Waals surface area contributed by atoms with E-state index in [4.69, 9.17) is 18.3 Å². The van der Waals surface area contributed by atoms with Crippen LogP contribution in [-0.2, 0) is 23.1 Å². The maximum Gasteiger partial charge on any atom is 0.401 e. The maximum absolute atomic E-state index is 11.2. The molecular weight excluding hydrogens is 252 g/mol. The quantitative estimate of drug-likeness (QED) is 0.346. The predicted molar refractivity (Wildman–Crippen MR) is 69.6 cm³/mol. The highest BCUT2D eigenvalue weighted by molar-refractivity contribution is 6.68. The van der Waals surface area contributed by atoms with Crippen molar-refractivity contribution >= 4 is 14.5 Å². The van der Waals surface area contributed by atoms with Crippen molar-refractivity contribution in [3.63, 3.8) is 0 Å². The van der Waals surface area contributed by atoms with Crippen molar-refractivity contribution in [2.45, 2.75) is 45.4 Å². The van der Waals surface area contributed by atoms with Gasteiger partial charge in [0, 0.05) is 26.2 Å². The van der Waals surface area contributed by atoms with E-state index in [0.29, 0.717) is 25.9 Å². The molecule has 6 heteroatoms. The van der Waals surface area contributed by atoms with Gasteiger partial charge < -0.3 is 18.3 Å². The zero-order chi connectivity index (χ0) is 13.4. The molecule has 0 saturated carbocycles. The number of hydrogen-bond acceptors (Lipinski definition) is 5. The molecule has 2 unspecified atom stereocenters. The highest BCUT2D eigenvalue weighted by Gasteiger charge is 2.38. The molecule has 1 saturated heterocycles. The highest BCUT2D eigenvalue weighted by atomic mass is 28.4. The van der Waals surface area contributed by atoms with E-state index >= 15 is 0 Å². The molecule has 1 heterocycles. The molecule has 0 aromatic rings. The van der Waals surface area contributed by atoms with E-state index in [1.165, 1.54) is 6.92 Å². The molecule has 5 nitrogen and oxygen atoms in total. The Morgan fingerprint density at radius 2 is 2.17 bits per heavy atom. The molecule has 18 heavy (non-hydrogen) atoms. The second-order valence-corrected chi connectivity index (χ2v) is 7.95. The first kappa shape index (κ1) is 15.6. The Morgan fingerprint density at radius 3 is 2.67 bits per heavy atom. The van der Waals surface area contributed by atoms with Gasteiger partial charge in [-0.2, -0.15) is 0 Å². The van der Waals surface area contributed by atoms with Crippen molar-refractivity contribution < 1.29 is 23.1 Å². The van der Waals surface area contributed by atoms with Crippen LogP contribution in [0.15, 0.2) is 0 Å². The average Bonchev–Trinajstić information content (AvgIpc) is 3.12. The molecule has 0 aromatic heterocycles. The molecular formula is C12H24O5Si. The SMILES string of the molecule is CCO[Si](CC)(CCCOCC1CO1)OC(C)=O. The van der Waals surface area contributed by atoms with Crippen molar-refractivity contribution in [1.29, 1.82) is 0 Å². The van der Waals surface area contributed by atoms with E-state index in [1.54, 1.807) is 0 Å². The first-order valence-corrected chi connectivity index (χ1v) is 8.88. The van der Waals surface area contributed by atoms with Crippen LogP contribution >= 0.6 is 0 Å². The third kappa shape index (κ3) is 5.95. The summed E-state index contributed by atoms with van der Waals surface area (Å²) in [5, 5.41) is 0. The van der Waals surface area contributed by atoms with Crippen molar-refractivity contribution in [3.8, 4) is 0 Å². The fourth-order valence-electron chi connectivity index (χ4n) is 1.85. The van der Waals surface area contributed by atoms with Gasteiger partial charge in [0.15, 0.2) is 0 Å². The van der Waals surface area contributed by atoms with Gasteiger partial charge in [0.05, 0.1) is 13.2 Å². The summed E-state index contributed by atoms with van der Waals surface area (Å²) in [4.78, 5) is 11.2. The Labute approximate surface area is 110 Å². The second kappa shape index (κ2) is 7.88. The van der Waals surface area contributed by atoms with Crippen molar-refractivity contribution in [2.24, 2.45) is 0 Å². The summed E-state index contributed by atoms with van der Waals surface area (Å²) >= 11 is 0. The van der Waals surface area contributed by atoms with Gasteiger partial charge in [-0.15, -0.1) is 0 Å². The van der Waals surface area contributed by atoms with Crippen LogP contribution < -0.4 is 0 Å². The number of epoxide rings is 1. The zero-order valence-corrected chi connectivity index (χ0v) is 12.6. The Kier molecular flexibility index (Phi) is 6.84. The van der Waals surface area contributed by atoms with Gasteiger partial charge in [0.2, 0.25) is 0 Å². The molecule has 0 spiro atoms. The van der Waals surface area contributed by atoms with E-state index in [1.807, 2.05) is 13.8 Å². The minimum absolute atomic E-state index is 0.246. The van der Waals surface area contributed by atoms with Crippen LogP contribution in [0.3, 0.4) is 0 Å². The summed E-state index contributed by atoms with van der Waals surface area (Å²) < 4.78 is 21.8. The lowest BCUT2D eigenvalue weighted by Gasteiger charge is -2.28. The molecule has 0 amide bonds. The minimum Gasteiger partial charge on any atom is -0.494 e. The highest BCUT2D eigenvalue weighted by Crippen LogP contribution is 2.21. The van der Waals surface area contributed by atoms with Gasteiger partial charge >= 0.3 is 8.56 Å². The zero-order valence-electron chi connectivity index (χ0n) is 11.6. The van der Waals surface area contributed by atoms with Crippen LogP contribution in [0, 0.1) is 0 Å². The number of hydrogen-bond donors (Lipinski definition) is 0. The topological polar surface area (TPSA) is 57.3 Å². The minimum atomic E-state index is -2.35. The van der Waals surface area contributed by atoms with Crippen LogP contribution in [0.25, 0.3) is 0 Å². The lowest BCUT2D eigenvalue weighted by atomic mass is 10.5. The predicted octanol–water partition coefficient (Wildman–Crippen LogP) is 1.85. The lowest BCUT2D eigenvalue weighted by molar-refractivity contribution is -0.134. The number of carbonyl (C=O) groups excluding carboxylic acids is 1. The number of carbonyl (C=O) groups is 1. The summed E-state index contributed by atoms with van der Waals surface area (Å²) in [5.74, 6) is -0.246. The maximum atomic E-state index is 11.2. The van der Waals surface area contributed by atoms with Gasteiger partial charge in [0.25, 0.3) is 5.97 Å². The first-order chi connectivity index (χ1) is 8.62. The fourth-order valence-corrected chi connectivity index (χ4v) is 4.59. The molecule has 0 N–H and O–H groups in total. The van der Waals surface area contributed by atoms with Gasteiger partial charge in [0.1, 0.15) is 6.10 Å². The molecule has 1 fully saturated rings. The summed E-state index contributed by atoms with van der Waals surface area (Å²) in [7, 11) is -2.35. The summed E-state index contributed by atoms with van der Waals surface area (Å²) in [6, 6.07) is 1.58. The second-order valence-electron chi connectivity index (χ2n) is 4.42. The first-order valence-electron chi connectivity index (χ1n) is 6.64. The largest absolute Gasteiger partial charge is 0.494 e. The van der Waals surface area contributed by atoms with Crippen molar-refractivity contribution in [2.75, 3.05) is 26.4 Å². The van der Waals surface area contributed by atoms with Crippen LogP contribution in [0.4, 0.5) is 0 Å². The summed E-state index contributed by atoms with van der Waals surface area (Å²) in [6.07, 6.45) is 1.17. The molecule has 106 valence electrons. The molecule has 0 radical (unpaired) electrons. The molecule has 2 atom stereocenters. The average molecular weight is 276 g/mol. The standard InChI is InChI=1S/C12H24O5Si/c1-4-16-18(5-2,17-11(3)13)8-6-7-14-9-12-10-15-12/h12H,4-10H2,1-3H3. The van der Waals surface area contributed by atoms with E-state index in [-0.39, 0.29) is 5.97 Å². The molecule has 1 aliphatic heterocycles. The van der Waals surface area contributed by atoms with E-state index < -0.39 is 8.56 Å². The van der Waals surface area contributed by atoms with Gasteiger partial charge in [-0.05, 0) is 19.4 Å². The molecule has 0 bridgehead atoms. The van der Waals surface area contributed by atoms with Crippen LogP contribution in [0.1, 0.15) is 27.2 Å². The Hall–Kier alpha value is -0.433. The Morgan fingerprint density at radius 1 is 1.44 bits per heavy atom. The third-order valence-electron chi connectivity index (χ3n) is 2.83. The summed E-state index contributed by atoms with van der Waals surface area (Å²) in [6.45, 7) is 8.14. The number of rotatable bonds is 10. The van der Waals surface area contributed by atoms with Crippen molar-refractivity contribution in [1.82, 2.24) is 0 Å². The van der Waals surface area contributed by atoms with E-state index in [9.17, 15) is 4.79 Å². The van der Waals surface area contributed by atoms with Gasteiger partial charge in [-0.1, -0.05) is 6.92 Å². The molecule has 1 aliphatic rings. The van der Waals surface area contributed by atoms with Gasteiger partial charge in [-0.3, -0.25) is 4.79 Å². The van der Waals surface area contributed by atoms with Crippen molar-refractivity contribution in [3.05, 3.63) is 0 Å². The van der Waals surface area contributed by atoms with Crippen LogP contribution in [-0.4, -0.2) is 47.1 Å². The van der Waals surface area contributed by atoms with E-state index in [2.05, 4.69) is 0 Å². The van der Waals surface area contributed by atoms with E-state index in [0.717, 1.165) is 25.1 Å².